The number of amides is 1. The van der Waals surface area contributed by atoms with Crippen LogP contribution in [0, 0.1) is 5.41 Å². The van der Waals surface area contributed by atoms with Crippen molar-refractivity contribution in [3.63, 3.8) is 0 Å². The highest BCUT2D eigenvalue weighted by atomic mass is 16.5. The molecule has 4 nitrogen and oxygen atoms in total. The predicted molar refractivity (Wildman–Crippen MR) is 121 cm³/mol. The zero-order chi connectivity index (χ0) is 21.5. The first-order chi connectivity index (χ1) is 13.6. The Morgan fingerprint density at radius 3 is 2.17 bits per heavy atom. The second kappa shape index (κ2) is 9.73. The molecule has 0 spiro atoms. The minimum atomic E-state index is -0.288. The highest BCUT2D eigenvalue weighted by Gasteiger charge is 2.27. The third-order valence-electron chi connectivity index (χ3n) is 4.77. The molecule has 0 heterocycles. The maximum absolute atomic E-state index is 11.9. The standard InChI is InChI=1S/C25H34N2O2/c1-7-19-8-10-20(11-9-19)16-26-27-23(28)17-29-22-14-12-21(13-15-22)25(5,6)18-24(2,3)4/h8-16H,7,17-18H2,1-6H3,(H,27,28)/b26-16+. The minimum absolute atomic E-state index is 0.0726. The van der Waals surface area contributed by atoms with Crippen LogP contribution in [0.25, 0.3) is 0 Å². The van der Waals surface area contributed by atoms with Crippen LogP contribution in [0.3, 0.4) is 0 Å². The molecule has 29 heavy (non-hydrogen) atoms. The third kappa shape index (κ3) is 7.72. The molecule has 0 aliphatic rings. The highest BCUT2D eigenvalue weighted by molar-refractivity contribution is 5.82. The monoisotopic (exact) mass is 394 g/mol. The second-order valence-corrected chi connectivity index (χ2v) is 9.32. The molecule has 0 atom stereocenters. The molecule has 2 rings (SSSR count). The van der Waals surface area contributed by atoms with Crippen molar-refractivity contribution in [1.82, 2.24) is 5.43 Å². The average molecular weight is 395 g/mol. The fourth-order valence-electron chi connectivity index (χ4n) is 3.63. The van der Waals surface area contributed by atoms with Gasteiger partial charge in [0.05, 0.1) is 6.21 Å². The number of hydrazone groups is 1. The molecule has 0 saturated heterocycles. The van der Waals surface area contributed by atoms with Crippen LogP contribution in [0.5, 0.6) is 5.75 Å². The molecule has 0 aromatic heterocycles. The second-order valence-electron chi connectivity index (χ2n) is 9.32. The Bertz CT molecular complexity index is 813. The first-order valence-electron chi connectivity index (χ1n) is 10.2. The van der Waals surface area contributed by atoms with Crippen LogP contribution in [0.15, 0.2) is 53.6 Å². The molecule has 0 fully saturated rings. The number of carbonyl (C=O) groups excluding carboxylic acids is 1. The molecule has 0 saturated carbocycles. The molecule has 156 valence electrons. The van der Waals surface area contributed by atoms with E-state index in [0.717, 1.165) is 18.4 Å². The van der Waals surface area contributed by atoms with Gasteiger partial charge in [-0.1, -0.05) is 77.9 Å². The first kappa shape index (κ1) is 22.7. The fourth-order valence-corrected chi connectivity index (χ4v) is 3.63. The summed E-state index contributed by atoms with van der Waals surface area (Å²) in [5.74, 6) is 0.387. The van der Waals surface area contributed by atoms with Crippen molar-refractivity contribution in [2.45, 2.75) is 59.8 Å². The van der Waals surface area contributed by atoms with Crippen LogP contribution in [0.4, 0.5) is 0 Å². The van der Waals surface area contributed by atoms with Crippen molar-refractivity contribution in [3.8, 4) is 5.75 Å². The van der Waals surface area contributed by atoms with Crippen molar-refractivity contribution >= 4 is 12.1 Å². The Hall–Kier alpha value is -2.62. The Labute approximate surface area is 175 Å². The largest absolute Gasteiger partial charge is 0.484 e. The van der Waals surface area contributed by atoms with E-state index in [1.165, 1.54) is 11.1 Å². The van der Waals surface area contributed by atoms with E-state index >= 15 is 0 Å². The van der Waals surface area contributed by atoms with E-state index in [9.17, 15) is 4.79 Å². The molecule has 0 radical (unpaired) electrons. The molecule has 0 bridgehead atoms. The molecule has 2 aromatic rings. The van der Waals surface area contributed by atoms with Gasteiger partial charge in [0.2, 0.25) is 0 Å². The molecular formula is C25H34N2O2. The van der Waals surface area contributed by atoms with Gasteiger partial charge >= 0.3 is 0 Å². The van der Waals surface area contributed by atoms with Gasteiger partial charge in [-0.15, -0.1) is 0 Å². The summed E-state index contributed by atoms with van der Waals surface area (Å²) in [4.78, 5) is 11.9. The number of nitrogens with zero attached hydrogens (tertiary/aromatic N) is 1. The van der Waals surface area contributed by atoms with Crippen LogP contribution in [-0.2, 0) is 16.6 Å². The Balaban J connectivity index is 1.83. The lowest BCUT2D eigenvalue weighted by molar-refractivity contribution is -0.123. The van der Waals surface area contributed by atoms with Crippen molar-refractivity contribution in [2.24, 2.45) is 10.5 Å². The molecule has 1 N–H and O–H groups in total. The Morgan fingerprint density at radius 1 is 1.00 bits per heavy atom. The number of aryl methyl sites for hydroxylation is 1. The van der Waals surface area contributed by atoms with E-state index in [4.69, 9.17) is 4.74 Å². The van der Waals surface area contributed by atoms with E-state index in [2.05, 4.69) is 76.3 Å². The first-order valence-corrected chi connectivity index (χ1v) is 10.2. The number of carbonyl (C=O) groups is 1. The van der Waals surface area contributed by atoms with Gasteiger partial charge < -0.3 is 4.74 Å². The van der Waals surface area contributed by atoms with Gasteiger partial charge in [0, 0.05) is 0 Å². The van der Waals surface area contributed by atoms with Crippen molar-refractivity contribution < 1.29 is 9.53 Å². The summed E-state index contributed by atoms with van der Waals surface area (Å²) >= 11 is 0. The van der Waals surface area contributed by atoms with Crippen LogP contribution in [-0.4, -0.2) is 18.7 Å². The molecule has 1 amide bonds. The number of hydrogen-bond donors (Lipinski definition) is 1. The lowest BCUT2D eigenvalue weighted by Gasteiger charge is -2.33. The van der Waals surface area contributed by atoms with E-state index < -0.39 is 0 Å². The molecule has 0 unspecified atom stereocenters. The summed E-state index contributed by atoms with van der Waals surface area (Å²) in [6, 6.07) is 16.1. The number of nitrogens with one attached hydrogen (secondary N) is 1. The zero-order valence-electron chi connectivity index (χ0n) is 18.6. The molecule has 0 aliphatic carbocycles. The van der Waals surface area contributed by atoms with E-state index in [1.54, 1.807) is 6.21 Å². The van der Waals surface area contributed by atoms with Gasteiger partial charge in [0.1, 0.15) is 5.75 Å². The van der Waals surface area contributed by atoms with Gasteiger partial charge in [-0.3, -0.25) is 4.79 Å². The maximum atomic E-state index is 11.9. The van der Waals surface area contributed by atoms with Gasteiger partial charge in [0.25, 0.3) is 5.91 Å². The van der Waals surface area contributed by atoms with E-state index in [0.29, 0.717) is 5.75 Å². The van der Waals surface area contributed by atoms with Crippen LogP contribution in [0.1, 0.15) is 64.7 Å². The van der Waals surface area contributed by atoms with E-state index in [-0.39, 0.29) is 23.3 Å². The quantitative estimate of drug-likeness (QED) is 0.475. The summed E-state index contributed by atoms with van der Waals surface area (Å²) in [7, 11) is 0. The SMILES string of the molecule is CCc1ccc(/C=N/NC(=O)COc2ccc(C(C)(C)CC(C)(C)C)cc2)cc1. The molecule has 0 aliphatic heterocycles. The lowest BCUT2D eigenvalue weighted by atomic mass is 9.72. The summed E-state index contributed by atoms with van der Waals surface area (Å²) in [6.45, 7) is 13.3. The van der Waals surface area contributed by atoms with Crippen molar-refractivity contribution in [3.05, 3.63) is 65.2 Å². The summed E-state index contributed by atoms with van der Waals surface area (Å²) in [5, 5.41) is 3.99. The minimum Gasteiger partial charge on any atom is -0.484 e. The lowest BCUT2D eigenvalue weighted by Crippen LogP contribution is -2.25. The topological polar surface area (TPSA) is 50.7 Å². The van der Waals surface area contributed by atoms with Gasteiger partial charge in [-0.25, -0.2) is 5.43 Å². The zero-order valence-corrected chi connectivity index (χ0v) is 18.6. The number of hydrogen-bond acceptors (Lipinski definition) is 3. The highest BCUT2D eigenvalue weighted by Crippen LogP contribution is 2.36. The summed E-state index contributed by atoms with van der Waals surface area (Å²) in [6.07, 6.45) is 3.71. The molecule has 4 heteroatoms. The maximum Gasteiger partial charge on any atom is 0.277 e. The predicted octanol–water partition coefficient (Wildman–Crippen LogP) is 5.49. The number of benzene rings is 2. The number of rotatable bonds is 8. The normalized spacial score (nSPS) is 12.2. The average Bonchev–Trinajstić information content (AvgIpc) is 2.65. The van der Waals surface area contributed by atoms with Gasteiger partial charge in [0.15, 0.2) is 6.61 Å². The number of ether oxygens (including phenoxy) is 1. The Morgan fingerprint density at radius 2 is 1.62 bits per heavy atom. The van der Waals surface area contributed by atoms with Crippen LogP contribution >= 0.6 is 0 Å². The molecule has 2 aromatic carbocycles. The fraction of sp³-hybridized carbons (Fsp3) is 0.440. The van der Waals surface area contributed by atoms with Crippen molar-refractivity contribution in [2.75, 3.05) is 6.61 Å². The van der Waals surface area contributed by atoms with Gasteiger partial charge in [-0.2, -0.15) is 5.10 Å². The summed E-state index contributed by atoms with van der Waals surface area (Å²) in [5.41, 5.74) is 6.32. The smallest absolute Gasteiger partial charge is 0.277 e. The molecular weight excluding hydrogens is 360 g/mol. The van der Waals surface area contributed by atoms with Crippen LogP contribution in [0.2, 0.25) is 0 Å². The summed E-state index contributed by atoms with van der Waals surface area (Å²) < 4.78 is 5.58. The third-order valence-corrected chi connectivity index (χ3v) is 4.77. The Kier molecular flexibility index (Phi) is 7.60. The van der Waals surface area contributed by atoms with Crippen molar-refractivity contribution in [1.29, 1.82) is 0 Å². The van der Waals surface area contributed by atoms with E-state index in [1.807, 2.05) is 24.3 Å². The van der Waals surface area contributed by atoms with Crippen LogP contribution < -0.4 is 10.2 Å². The van der Waals surface area contributed by atoms with Gasteiger partial charge in [-0.05, 0) is 52.5 Å².